The van der Waals surface area contributed by atoms with E-state index >= 15 is 0 Å². The van der Waals surface area contributed by atoms with E-state index in [2.05, 4.69) is 33.8 Å². The summed E-state index contributed by atoms with van der Waals surface area (Å²) in [6.07, 6.45) is 18.7. The van der Waals surface area contributed by atoms with Crippen LogP contribution in [0.4, 0.5) is 0 Å². The molecule has 0 N–H and O–H groups in total. The van der Waals surface area contributed by atoms with Crippen molar-refractivity contribution < 1.29 is 4.74 Å². The van der Waals surface area contributed by atoms with Crippen LogP contribution in [0.1, 0.15) is 102 Å². The summed E-state index contributed by atoms with van der Waals surface area (Å²) in [7, 11) is 1.63. The standard InChI is InChI=1S/C18H21N3OS.C16H17N3O2S/c1-11(2)13-8-9-19-17-14(13)15-16(23-17)18(22)21(10-20-15)12-6-4-3-5-7-12;1-21-11-7-8-17-15-12(11)13-14(22-15)16(20)19(9-18-13)10-5-3-2-4-6-10/h8-12H,3-7H2,1-2H3;7-10H,2-6H2,1H3. The highest BCUT2D eigenvalue weighted by atomic mass is 32.1. The number of aromatic nitrogens is 6. The van der Waals surface area contributed by atoms with Crippen molar-refractivity contribution in [3.8, 4) is 5.75 Å². The maximum Gasteiger partial charge on any atom is 0.271 e. The first-order valence-corrected chi connectivity index (χ1v) is 17.7. The summed E-state index contributed by atoms with van der Waals surface area (Å²) in [6, 6.07) is 4.46. The molecule has 2 aliphatic rings. The Balaban J connectivity index is 0.000000145. The molecule has 6 aromatic heterocycles. The number of hydrogen-bond acceptors (Lipinski definition) is 9. The van der Waals surface area contributed by atoms with E-state index in [1.54, 1.807) is 26.0 Å². The maximum atomic E-state index is 13.0. The molecule has 2 saturated carbocycles. The van der Waals surface area contributed by atoms with Crippen LogP contribution in [0.25, 0.3) is 40.9 Å². The molecule has 0 unspecified atom stereocenters. The largest absolute Gasteiger partial charge is 0.496 e. The fraction of sp³-hybridized carbons (Fsp3) is 0.471. The summed E-state index contributed by atoms with van der Waals surface area (Å²) in [5.74, 6) is 1.11. The maximum absolute atomic E-state index is 13.0. The van der Waals surface area contributed by atoms with Crippen LogP contribution in [-0.2, 0) is 0 Å². The van der Waals surface area contributed by atoms with Gasteiger partial charge < -0.3 is 4.74 Å². The van der Waals surface area contributed by atoms with Crippen LogP contribution < -0.4 is 15.9 Å². The molecule has 0 bridgehead atoms. The third-order valence-corrected chi connectivity index (χ3v) is 11.5. The molecule has 0 atom stereocenters. The molecule has 2 fully saturated rings. The lowest BCUT2D eigenvalue weighted by Gasteiger charge is -2.23. The van der Waals surface area contributed by atoms with Gasteiger partial charge in [0.2, 0.25) is 0 Å². The predicted octanol–water partition coefficient (Wildman–Crippen LogP) is 8.15. The number of methoxy groups -OCH3 is 1. The summed E-state index contributed by atoms with van der Waals surface area (Å²) in [5, 5.41) is 1.91. The monoisotopic (exact) mass is 642 g/mol. The van der Waals surface area contributed by atoms with E-state index in [4.69, 9.17) is 4.74 Å². The molecule has 6 aromatic rings. The molecule has 0 spiro atoms. The van der Waals surface area contributed by atoms with Crippen molar-refractivity contribution in [1.82, 2.24) is 29.1 Å². The van der Waals surface area contributed by atoms with Crippen molar-refractivity contribution in [2.75, 3.05) is 7.11 Å². The number of pyridine rings is 2. The van der Waals surface area contributed by atoms with Crippen molar-refractivity contribution >= 4 is 63.5 Å². The molecule has 11 heteroatoms. The van der Waals surface area contributed by atoms with Gasteiger partial charge in [-0.25, -0.2) is 19.9 Å². The molecule has 0 aliphatic heterocycles. The first-order chi connectivity index (χ1) is 22.0. The molecule has 0 aromatic carbocycles. The Morgan fingerprint density at radius 2 is 1.20 bits per heavy atom. The van der Waals surface area contributed by atoms with Gasteiger partial charge in [0.25, 0.3) is 11.1 Å². The van der Waals surface area contributed by atoms with Crippen molar-refractivity contribution in [1.29, 1.82) is 0 Å². The molecule has 2 aliphatic carbocycles. The van der Waals surface area contributed by atoms with Gasteiger partial charge in [0.1, 0.15) is 30.3 Å². The number of hydrogen-bond donors (Lipinski definition) is 0. The van der Waals surface area contributed by atoms with Crippen LogP contribution in [0, 0.1) is 0 Å². The topological polar surface area (TPSA) is 105 Å². The number of thiophene rings is 2. The summed E-state index contributed by atoms with van der Waals surface area (Å²) < 4.78 is 10.5. The summed E-state index contributed by atoms with van der Waals surface area (Å²) in [6.45, 7) is 4.34. The Kier molecular flexibility index (Phi) is 8.39. The first kappa shape index (κ1) is 30.0. The van der Waals surface area contributed by atoms with E-state index < -0.39 is 0 Å². The van der Waals surface area contributed by atoms with Crippen LogP contribution >= 0.6 is 22.7 Å². The highest BCUT2D eigenvalue weighted by Gasteiger charge is 2.22. The number of ether oxygens (including phenoxy) is 1. The molecule has 234 valence electrons. The Bertz CT molecular complexity index is 2120. The van der Waals surface area contributed by atoms with Gasteiger partial charge in [-0.1, -0.05) is 52.4 Å². The van der Waals surface area contributed by atoms with Gasteiger partial charge in [0.15, 0.2) is 0 Å². The van der Waals surface area contributed by atoms with Crippen molar-refractivity contribution in [3.63, 3.8) is 0 Å². The second-order valence-electron chi connectivity index (χ2n) is 12.5. The molecular formula is C34H38N6O3S2. The Morgan fingerprint density at radius 3 is 1.71 bits per heavy atom. The van der Waals surface area contributed by atoms with Crippen LogP contribution in [0.5, 0.6) is 5.75 Å². The van der Waals surface area contributed by atoms with E-state index in [-0.39, 0.29) is 11.1 Å². The van der Waals surface area contributed by atoms with Crippen LogP contribution in [0.2, 0.25) is 0 Å². The first-order valence-electron chi connectivity index (χ1n) is 16.1. The lowest BCUT2D eigenvalue weighted by molar-refractivity contribution is 0.345. The highest BCUT2D eigenvalue weighted by Crippen LogP contribution is 2.37. The molecule has 8 rings (SSSR count). The lowest BCUT2D eigenvalue weighted by Crippen LogP contribution is -2.26. The van der Waals surface area contributed by atoms with E-state index in [1.165, 1.54) is 66.8 Å². The minimum Gasteiger partial charge on any atom is -0.496 e. The van der Waals surface area contributed by atoms with Gasteiger partial charge in [-0.2, -0.15) is 0 Å². The highest BCUT2D eigenvalue weighted by molar-refractivity contribution is 7.25. The average molecular weight is 643 g/mol. The summed E-state index contributed by atoms with van der Waals surface area (Å²) >= 11 is 2.90. The third-order valence-electron chi connectivity index (χ3n) is 9.39. The molecule has 6 heterocycles. The van der Waals surface area contributed by atoms with Gasteiger partial charge in [0.05, 0.1) is 30.7 Å². The Hall–Kier alpha value is -3.70. The Labute approximate surface area is 269 Å². The van der Waals surface area contributed by atoms with Crippen molar-refractivity contribution in [3.05, 3.63) is 63.5 Å². The van der Waals surface area contributed by atoms with Crippen LogP contribution in [-0.4, -0.2) is 36.2 Å². The minimum absolute atomic E-state index is 0.0574. The van der Waals surface area contributed by atoms with Crippen molar-refractivity contribution in [2.24, 2.45) is 0 Å². The molecule has 0 saturated heterocycles. The summed E-state index contributed by atoms with van der Waals surface area (Å²) in [5.41, 5.74) is 2.94. The van der Waals surface area contributed by atoms with Gasteiger partial charge in [-0.15, -0.1) is 22.7 Å². The zero-order chi connectivity index (χ0) is 31.1. The smallest absolute Gasteiger partial charge is 0.271 e. The van der Waals surface area contributed by atoms with Gasteiger partial charge in [-0.3, -0.25) is 18.7 Å². The zero-order valence-electron chi connectivity index (χ0n) is 26.0. The van der Waals surface area contributed by atoms with E-state index in [1.807, 2.05) is 27.5 Å². The molecule has 45 heavy (non-hydrogen) atoms. The van der Waals surface area contributed by atoms with E-state index in [0.29, 0.717) is 28.2 Å². The predicted molar refractivity (Wildman–Crippen MR) is 183 cm³/mol. The van der Waals surface area contributed by atoms with Gasteiger partial charge in [-0.05, 0) is 49.3 Å². The molecule has 0 radical (unpaired) electrons. The van der Waals surface area contributed by atoms with Crippen molar-refractivity contribution in [2.45, 2.75) is 96.1 Å². The van der Waals surface area contributed by atoms with Gasteiger partial charge >= 0.3 is 0 Å². The lowest BCUT2D eigenvalue weighted by atomic mass is 9.95. The molecule has 0 amide bonds. The minimum atomic E-state index is 0.0574. The fourth-order valence-corrected chi connectivity index (χ4v) is 9.13. The number of rotatable bonds is 4. The van der Waals surface area contributed by atoms with Gasteiger partial charge in [0, 0.05) is 29.9 Å². The molecular weight excluding hydrogens is 605 g/mol. The fourth-order valence-electron chi connectivity index (χ4n) is 7.02. The number of fused-ring (bicyclic) bond motifs is 6. The third kappa shape index (κ3) is 5.43. The second kappa shape index (κ2) is 12.6. The van der Waals surface area contributed by atoms with Crippen LogP contribution in [0.15, 0.2) is 46.8 Å². The summed E-state index contributed by atoms with van der Waals surface area (Å²) in [4.78, 5) is 45.7. The molecule has 9 nitrogen and oxygen atoms in total. The second-order valence-corrected chi connectivity index (χ2v) is 14.5. The normalized spacial score (nSPS) is 16.5. The van der Waals surface area contributed by atoms with E-state index in [0.717, 1.165) is 62.1 Å². The average Bonchev–Trinajstić information content (AvgIpc) is 3.66. The number of nitrogens with zero attached hydrogens (tertiary/aromatic N) is 6. The Morgan fingerprint density at radius 1 is 0.711 bits per heavy atom. The zero-order valence-corrected chi connectivity index (χ0v) is 27.6. The van der Waals surface area contributed by atoms with E-state index in [9.17, 15) is 9.59 Å². The quantitative estimate of drug-likeness (QED) is 0.191. The SMILES string of the molecule is CC(C)c1ccnc2sc3c(=O)n(C4CCCCC4)cnc3c12.COc1ccnc2sc3c(=O)n(C4CCCCC4)cnc3c12. The van der Waals surface area contributed by atoms with Crippen LogP contribution in [0.3, 0.4) is 0 Å².